The molecule has 0 aliphatic carbocycles. The quantitative estimate of drug-likeness (QED) is 0.795. The first kappa shape index (κ1) is 11.3. The molecular formula is C11H19NO2S. The predicted octanol–water partition coefficient (Wildman–Crippen LogP) is 1.42. The topological polar surface area (TPSA) is 38.3 Å². The summed E-state index contributed by atoms with van der Waals surface area (Å²) in [6.07, 6.45) is 4.75. The standard InChI is InChI=1S/C11H19NO2S/c13-11(9-3-2-6-15-8-9)12-7-10-4-1-5-14-10/h9-10H,1-8H2,(H,12,13). The number of ether oxygens (including phenoxy) is 1. The van der Waals surface area contributed by atoms with Crippen molar-refractivity contribution in [2.75, 3.05) is 24.7 Å². The van der Waals surface area contributed by atoms with Gasteiger partial charge in [-0.1, -0.05) is 0 Å². The van der Waals surface area contributed by atoms with Gasteiger partial charge in [-0.3, -0.25) is 4.79 Å². The molecule has 1 amide bonds. The molecule has 2 rings (SSSR count). The van der Waals surface area contributed by atoms with Gasteiger partial charge in [0.25, 0.3) is 0 Å². The minimum Gasteiger partial charge on any atom is -0.376 e. The lowest BCUT2D eigenvalue weighted by atomic mass is 10.0. The molecule has 15 heavy (non-hydrogen) atoms. The van der Waals surface area contributed by atoms with Crippen molar-refractivity contribution in [1.82, 2.24) is 5.32 Å². The third kappa shape index (κ3) is 3.38. The Morgan fingerprint density at radius 3 is 3.00 bits per heavy atom. The van der Waals surface area contributed by atoms with Crippen molar-refractivity contribution in [3.63, 3.8) is 0 Å². The Balaban J connectivity index is 1.66. The second kappa shape index (κ2) is 5.75. The van der Waals surface area contributed by atoms with Crippen LogP contribution < -0.4 is 5.32 Å². The van der Waals surface area contributed by atoms with Gasteiger partial charge in [-0.2, -0.15) is 11.8 Å². The maximum absolute atomic E-state index is 11.8. The number of thioether (sulfide) groups is 1. The Hall–Kier alpha value is -0.220. The van der Waals surface area contributed by atoms with Crippen molar-refractivity contribution in [2.45, 2.75) is 31.8 Å². The monoisotopic (exact) mass is 229 g/mol. The maximum atomic E-state index is 11.8. The highest BCUT2D eigenvalue weighted by atomic mass is 32.2. The molecule has 0 aromatic carbocycles. The fourth-order valence-corrected chi connectivity index (χ4v) is 3.25. The third-order valence-electron chi connectivity index (χ3n) is 3.06. The van der Waals surface area contributed by atoms with Gasteiger partial charge >= 0.3 is 0 Å². The summed E-state index contributed by atoms with van der Waals surface area (Å²) in [4.78, 5) is 11.8. The summed E-state index contributed by atoms with van der Waals surface area (Å²) < 4.78 is 5.47. The summed E-state index contributed by atoms with van der Waals surface area (Å²) in [5.41, 5.74) is 0. The average molecular weight is 229 g/mol. The van der Waals surface area contributed by atoms with E-state index in [0.717, 1.165) is 31.6 Å². The summed E-state index contributed by atoms with van der Waals surface area (Å²) in [5.74, 6) is 2.69. The second-order valence-corrected chi connectivity index (χ2v) is 5.44. The summed E-state index contributed by atoms with van der Waals surface area (Å²) in [6.45, 7) is 1.57. The van der Waals surface area contributed by atoms with E-state index in [9.17, 15) is 4.79 Å². The smallest absolute Gasteiger partial charge is 0.224 e. The summed E-state index contributed by atoms with van der Waals surface area (Å²) in [6, 6.07) is 0. The van der Waals surface area contributed by atoms with Crippen LogP contribution in [0.25, 0.3) is 0 Å². The molecule has 0 aromatic heterocycles. The normalized spacial score (nSPS) is 31.5. The van der Waals surface area contributed by atoms with Gasteiger partial charge in [-0.25, -0.2) is 0 Å². The van der Waals surface area contributed by atoms with Gasteiger partial charge < -0.3 is 10.1 Å². The SMILES string of the molecule is O=C(NCC1CCCO1)C1CCCSC1. The molecule has 3 nitrogen and oxygen atoms in total. The molecule has 2 unspecified atom stereocenters. The molecule has 0 bridgehead atoms. The van der Waals surface area contributed by atoms with Gasteiger partial charge in [0.1, 0.15) is 0 Å². The van der Waals surface area contributed by atoms with Gasteiger partial charge in [-0.15, -0.1) is 0 Å². The summed E-state index contributed by atoms with van der Waals surface area (Å²) >= 11 is 1.90. The van der Waals surface area contributed by atoms with E-state index in [2.05, 4.69) is 5.32 Å². The second-order valence-electron chi connectivity index (χ2n) is 4.29. The molecule has 2 atom stereocenters. The van der Waals surface area contributed by atoms with Gasteiger partial charge in [0.05, 0.1) is 6.10 Å². The van der Waals surface area contributed by atoms with E-state index in [4.69, 9.17) is 4.74 Å². The highest BCUT2D eigenvalue weighted by Crippen LogP contribution is 2.22. The Kier molecular flexibility index (Phi) is 4.32. The highest BCUT2D eigenvalue weighted by Gasteiger charge is 2.23. The van der Waals surface area contributed by atoms with E-state index in [1.54, 1.807) is 0 Å². The Morgan fingerprint density at radius 1 is 1.40 bits per heavy atom. The lowest BCUT2D eigenvalue weighted by Gasteiger charge is -2.21. The Bertz CT molecular complexity index is 211. The first-order chi connectivity index (χ1) is 7.36. The Labute approximate surface area is 95.3 Å². The van der Waals surface area contributed by atoms with Gasteiger partial charge in [0.2, 0.25) is 5.91 Å². The van der Waals surface area contributed by atoms with E-state index in [-0.39, 0.29) is 17.9 Å². The van der Waals surface area contributed by atoms with Crippen molar-refractivity contribution in [3.05, 3.63) is 0 Å². The summed E-state index contributed by atoms with van der Waals surface area (Å²) in [7, 11) is 0. The number of carbonyl (C=O) groups is 1. The molecule has 2 aliphatic rings. The molecule has 2 heterocycles. The van der Waals surface area contributed by atoms with E-state index in [0.29, 0.717) is 6.54 Å². The van der Waals surface area contributed by atoms with Crippen LogP contribution in [0, 0.1) is 5.92 Å². The molecular weight excluding hydrogens is 210 g/mol. The summed E-state index contributed by atoms with van der Waals surface area (Å²) in [5, 5.41) is 3.02. The maximum Gasteiger partial charge on any atom is 0.224 e. The van der Waals surface area contributed by atoms with Crippen LogP contribution in [0.5, 0.6) is 0 Å². The van der Waals surface area contributed by atoms with Crippen LogP contribution in [-0.4, -0.2) is 36.7 Å². The minimum absolute atomic E-state index is 0.234. The minimum atomic E-state index is 0.234. The van der Waals surface area contributed by atoms with Crippen molar-refractivity contribution in [3.8, 4) is 0 Å². The molecule has 0 radical (unpaired) electrons. The number of carbonyl (C=O) groups excluding carboxylic acids is 1. The zero-order valence-corrected chi connectivity index (χ0v) is 9.85. The third-order valence-corrected chi connectivity index (χ3v) is 4.27. The highest BCUT2D eigenvalue weighted by molar-refractivity contribution is 7.99. The van der Waals surface area contributed by atoms with Gasteiger partial charge in [-0.05, 0) is 31.4 Å². The number of rotatable bonds is 3. The van der Waals surface area contributed by atoms with Crippen LogP contribution in [-0.2, 0) is 9.53 Å². The van der Waals surface area contributed by atoms with Gasteiger partial charge in [0, 0.05) is 24.8 Å². The van der Waals surface area contributed by atoms with Crippen molar-refractivity contribution < 1.29 is 9.53 Å². The molecule has 4 heteroatoms. The van der Waals surface area contributed by atoms with Crippen LogP contribution in [0.4, 0.5) is 0 Å². The van der Waals surface area contributed by atoms with E-state index in [1.807, 2.05) is 11.8 Å². The van der Waals surface area contributed by atoms with Crippen LogP contribution >= 0.6 is 11.8 Å². The van der Waals surface area contributed by atoms with Crippen LogP contribution in [0.1, 0.15) is 25.7 Å². The lowest BCUT2D eigenvalue weighted by Crippen LogP contribution is -2.37. The fourth-order valence-electron chi connectivity index (χ4n) is 2.11. The van der Waals surface area contributed by atoms with Crippen LogP contribution in [0.2, 0.25) is 0 Å². The first-order valence-corrected chi connectivity index (χ1v) is 6.99. The molecule has 0 spiro atoms. The lowest BCUT2D eigenvalue weighted by molar-refractivity contribution is -0.125. The number of amides is 1. The van der Waals surface area contributed by atoms with Crippen LogP contribution in [0.3, 0.4) is 0 Å². The molecule has 2 saturated heterocycles. The number of hydrogen-bond donors (Lipinski definition) is 1. The average Bonchev–Trinajstić information content (AvgIpc) is 2.80. The van der Waals surface area contributed by atoms with Crippen molar-refractivity contribution in [1.29, 1.82) is 0 Å². The van der Waals surface area contributed by atoms with Crippen LogP contribution in [0.15, 0.2) is 0 Å². The first-order valence-electron chi connectivity index (χ1n) is 5.83. The van der Waals surface area contributed by atoms with E-state index < -0.39 is 0 Å². The molecule has 86 valence electrons. The molecule has 0 aromatic rings. The predicted molar refractivity (Wildman–Crippen MR) is 62.0 cm³/mol. The van der Waals surface area contributed by atoms with Gasteiger partial charge in [0.15, 0.2) is 0 Å². The largest absolute Gasteiger partial charge is 0.376 e. The molecule has 1 N–H and O–H groups in total. The number of hydrogen-bond acceptors (Lipinski definition) is 3. The zero-order chi connectivity index (χ0) is 10.5. The fraction of sp³-hybridized carbons (Fsp3) is 0.909. The Morgan fingerprint density at radius 2 is 2.33 bits per heavy atom. The molecule has 2 aliphatic heterocycles. The van der Waals surface area contributed by atoms with E-state index >= 15 is 0 Å². The van der Waals surface area contributed by atoms with E-state index in [1.165, 1.54) is 12.2 Å². The van der Waals surface area contributed by atoms with Crippen molar-refractivity contribution in [2.24, 2.45) is 5.92 Å². The molecule has 2 fully saturated rings. The number of nitrogens with one attached hydrogen (secondary N) is 1. The zero-order valence-electron chi connectivity index (χ0n) is 9.04. The van der Waals surface area contributed by atoms with Crippen molar-refractivity contribution >= 4 is 17.7 Å². The molecule has 0 saturated carbocycles.